The lowest BCUT2D eigenvalue weighted by atomic mass is 10.1. The van der Waals surface area contributed by atoms with Crippen molar-refractivity contribution in [1.82, 2.24) is 0 Å². The van der Waals surface area contributed by atoms with E-state index in [4.69, 9.17) is 19.4 Å². The second-order valence-corrected chi connectivity index (χ2v) is 3.03. The van der Waals surface area contributed by atoms with Gasteiger partial charge in [0.25, 0.3) is 0 Å². The molecule has 0 atom stereocenters. The largest absolute Gasteiger partial charge is 0.707 e. The predicted octanol–water partition coefficient (Wildman–Crippen LogP) is 0.660. The maximum atomic E-state index is 8.62. The monoisotopic (exact) mass is 196 g/mol. The Bertz CT molecular complexity index is 302. The van der Waals surface area contributed by atoms with Crippen molar-refractivity contribution in [2.45, 2.75) is 13.8 Å². The van der Waals surface area contributed by atoms with Gasteiger partial charge in [0, 0.05) is 0 Å². The number of rotatable bonds is 3. The van der Waals surface area contributed by atoms with Gasteiger partial charge < -0.3 is 19.4 Å². The van der Waals surface area contributed by atoms with Gasteiger partial charge in [-0.2, -0.15) is 0 Å². The van der Waals surface area contributed by atoms with Crippen LogP contribution in [0.2, 0.25) is 0 Å². The third-order valence-electron chi connectivity index (χ3n) is 1.88. The van der Waals surface area contributed by atoms with E-state index in [0.29, 0.717) is 5.75 Å². The van der Waals surface area contributed by atoms with E-state index in [-0.39, 0.29) is 0 Å². The van der Waals surface area contributed by atoms with Gasteiger partial charge in [-0.05, 0) is 37.1 Å². The van der Waals surface area contributed by atoms with Crippen LogP contribution >= 0.6 is 0 Å². The summed E-state index contributed by atoms with van der Waals surface area (Å²) in [7, 11) is -0.196. The summed E-state index contributed by atoms with van der Waals surface area (Å²) >= 11 is 0. The molecule has 0 unspecified atom stereocenters. The fourth-order valence-corrected chi connectivity index (χ4v) is 1.42. The van der Waals surface area contributed by atoms with Crippen molar-refractivity contribution < 1.29 is 19.4 Å². The van der Waals surface area contributed by atoms with Gasteiger partial charge in [-0.25, -0.2) is 0 Å². The first-order valence-corrected chi connectivity index (χ1v) is 4.22. The van der Waals surface area contributed by atoms with Crippen LogP contribution in [0.25, 0.3) is 0 Å². The highest BCUT2D eigenvalue weighted by Gasteiger charge is 2.13. The Hall–Kier alpha value is -1.20. The van der Waals surface area contributed by atoms with Crippen molar-refractivity contribution in [1.29, 1.82) is 0 Å². The Balaban J connectivity index is 3.01. The third-order valence-corrected chi connectivity index (χ3v) is 1.88. The summed E-state index contributed by atoms with van der Waals surface area (Å²) < 4.78 is 9.89. The summed E-state index contributed by atoms with van der Waals surface area (Å²) in [5.74, 6) is 1.19. The molecule has 0 spiro atoms. The Morgan fingerprint density at radius 3 is 2.00 bits per heavy atom. The Morgan fingerprint density at radius 2 is 1.64 bits per heavy atom. The average Bonchev–Trinajstić information content (AvgIpc) is 2.01. The van der Waals surface area contributed by atoms with E-state index in [1.54, 1.807) is 19.2 Å². The zero-order valence-corrected chi connectivity index (χ0v) is 8.44. The number of hydrogen-bond donors (Lipinski definition) is 2. The number of benzene rings is 1. The normalized spacial score (nSPS) is 9.79. The van der Waals surface area contributed by atoms with E-state index < -0.39 is 7.32 Å². The highest BCUT2D eigenvalue weighted by molar-refractivity contribution is 6.33. The van der Waals surface area contributed by atoms with Crippen LogP contribution in [-0.4, -0.2) is 24.5 Å². The molecular formula is C9H13BO4. The van der Waals surface area contributed by atoms with Crippen molar-refractivity contribution in [3.05, 3.63) is 23.3 Å². The molecule has 76 valence electrons. The van der Waals surface area contributed by atoms with E-state index in [1.165, 1.54) is 0 Å². The average molecular weight is 196 g/mol. The first-order chi connectivity index (χ1) is 6.54. The molecule has 0 saturated heterocycles. The maximum Gasteiger partial charge on any atom is 0.707 e. The smallest absolute Gasteiger partial charge is 0.512 e. The molecule has 0 heterocycles. The molecule has 2 N–H and O–H groups in total. The third kappa shape index (κ3) is 2.40. The van der Waals surface area contributed by atoms with Gasteiger partial charge in [0.2, 0.25) is 0 Å². The van der Waals surface area contributed by atoms with Crippen LogP contribution in [0.1, 0.15) is 11.1 Å². The highest BCUT2D eigenvalue weighted by atomic mass is 16.6. The summed E-state index contributed by atoms with van der Waals surface area (Å²) in [6.07, 6.45) is 0. The SMILES string of the molecule is COc1c(C)cc(OB(O)O)cc1C. The number of ether oxygens (including phenoxy) is 1. The van der Waals surface area contributed by atoms with Gasteiger partial charge in [-0.1, -0.05) is 0 Å². The van der Waals surface area contributed by atoms with Crippen molar-refractivity contribution in [3.63, 3.8) is 0 Å². The number of methoxy groups -OCH3 is 1. The van der Waals surface area contributed by atoms with Gasteiger partial charge in [0.1, 0.15) is 11.5 Å². The molecule has 0 bridgehead atoms. The molecule has 0 saturated carbocycles. The summed E-state index contributed by atoms with van der Waals surface area (Å²) in [4.78, 5) is 0. The second kappa shape index (κ2) is 4.35. The van der Waals surface area contributed by atoms with Crippen LogP contribution in [0.3, 0.4) is 0 Å². The van der Waals surface area contributed by atoms with Crippen molar-refractivity contribution >= 4 is 7.32 Å². The fraction of sp³-hybridized carbons (Fsp3) is 0.333. The lowest BCUT2D eigenvalue weighted by Crippen LogP contribution is -2.20. The summed E-state index contributed by atoms with van der Waals surface area (Å²) in [5.41, 5.74) is 1.78. The van der Waals surface area contributed by atoms with E-state index in [0.717, 1.165) is 16.9 Å². The quantitative estimate of drug-likeness (QED) is 0.697. The highest BCUT2D eigenvalue weighted by Crippen LogP contribution is 2.27. The number of aryl methyl sites for hydroxylation is 2. The molecule has 0 aliphatic carbocycles. The van der Waals surface area contributed by atoms with Crippen LogP contribution in [0.5, 0.6) is 11.5 Å². The molecule has 0 fully saturated rings. The molecule has 1 rings (SSSR count). The minimum absolute atomic E-state index is 0.413. The van der Waals surface area contributed by atoms with E-state index in [2.05, 4.69) is 0 Å². The first-order valence-electron chi connectivity index (χ1n) is 4.22. The van der Waals surface area contributed by atoms with Crippen molar-refractivity contribution in [3.8, 4) is 11.5 Å². The molecule has 5 heteroatoms. The van der Waals surface area contributed by atoms with Crippen LogP contribution in [-0.2, 0) is 0 Å². The van der Waals surface area contributed by atoms with Crippen LogP contribution < -0.4 is 9.39 Å². The van der Waals surface area contributed by atoms with Gasteiger partial charge in [-0.3, -0.25) is 0 Å². The Morgan fingerprint density at radius 1 is 1.14 bits per heavy atom. The molecule has 14 heavy (non-hydrogen) atoms. The molecule has 0 radical (unpaired) electrons. The molecule has 0 aromatic heterocycles. The van der Waals surface area contributed by atoms with E-state index in [9.17, 15) is 0 Å². The molecular weight excluding hydrogens is 183 g/mol. The lowest BCUT2D eigenvalue weighted by Gasteiger charge is -2.11. The van der Waals surface area contributed by atoms with E-state index >= 15 is 0 Å². The van der Waals surface area contributed by atoms with Gasteiger partial charge in [0.15, 0.2) is 0 Å². The van der Waals surface area contributed by atoms with Crippen LogP contribution in [0.4, 0.5) is 0 Å². The molecule has 1 aromatic rings. The summed E-state index contributed by atoms with van der Waals surface area (Å²) in [6.45, 7) is 3.73. The van der Waals surface area contributed by atoms with Gasteiger partial charge in [-0.15, -0.1) is 0 Å². The van der Waals surface area contributed by atoms with Crippen molar-refractivity contribution in [2.75, 3.05) is 7.11 Å². The Kier molecular flexibility index (Phi) is 3.38. The summed E-state index contributed by atoms with van der Waals surface area (Å²) in [6, 6.07) is 3.37. The van der Waals surface area contributed by atoms with Crippen molar-refractivity contribution in [2.24, 2.45) is 0 Å². The van der Waals surface area contributed by atoms with Gasteiger partial charge in [0.05, 0.1) is 7.11 Å². The summed E-state index contributed by atoms with van der Waals surface area (Å²) in [5, 5.41) is 17.2. The first kappa shape index (κ1) is 10.9. The van der Waals surface area contributed by atoms with E-state index in [1.807, 2.05) is 13.8 Å². The Labute approximate surface area is 83.3 Å². The minimum Gasteiger partial charge on any atom is -0.512 e. The lowest BCUT2D eigenvalue weighted by molar-refractivity contribution is 0.287. The van der Waals surface area contributed by atoms with Crippen LogP contribution in [0, 0.1) is 13.8 Å². The van der Waals surface area contributed by atoms with Crippen LogP contribution in [0.15, 0.2) is 12.1 Å². The number of hydrogen-bond acceptors (Lipinski definition) is 4. The minimum atomic E-state index is -1.79. The second-order valence-electron chi connectivity index (χ2n) is 3.03. The molecule has 1 aromatic carbocycles. The topological polar surface area (TPSA) is 58.9 Å². The molecule has 0 aliphatic heterocycles. The molecule has 0 amide bonds. The zero-order valence-electron chi connectivity index (χ0n) is 8.44. The fourth-order valence-electron chi connectivity index (χ4n) is 1.42. The molecule has 0 aliphatic rings. The zero-order chi connectivity index (χ0) is 10.7. The molecule has 4 nitrogen and oxygen atoms in total. The predicted molar refractivity (Wildman–Crippen MR) is 53.3 cm³/mol. The maximum absolute atomic E-state index is 8.62. The van der Waals surface area contributed by atoms with Gasteiger partial charge >= 0.3 is 7.32 Å². The standard InChI is InChI=1S/C9H13BO4/c1-6-4-8(14-10(11)12)5-7(2)9(6)13-3/h4-5,11-12H,1-3H3.